The molecule has 2 aromatic heterocycles. The summed E-state index contributed by atoms with van der Waals surface area (Å²) in [6.45, 7) is 5.98. The van der Waals surface area contributed by atoms with Gasteiger partial charge in [-0.1, -0.05) is 13.0 Å². The Bertz CT molecular complexity index is 583. The van der Waals surface area contributed by atoms with Crippen molar-refractivity contribution < 1.29 is 4.74 Å². The molecule has 0 aliphatic heterocycles. The second kappa shape index (κ2) is 6.97. The van der Waals surface area contributed by atoms with Gasteiger partial charge in [0, 0.05) is 18.9 Å². The van der Waals surface area contributed by atoms with Crippen molar-refractivity contribution in [2.75, 3.05) is 12.4 Å². The van der Waals surface area contributed by atoms with Gasteiger partial charge in [-0.15, -0.1) is 0 Å². The Morgan fingerprint density at radius 2 is 2.00 bits per heavy atom. The van der Waals surface area contributed by atoms with Crippen molar-refractivity contribution in [3.05, 3.63) is 35.4 Å². The first-order chi connectivity index (χ1) is 10.1. The lowest BCUT2D eigenvalue weighted by atomic mass is 10.2. The number of rotatable bonds is 6. The highest BCUT2D eigenvalue weighted by atomic mass is 16.5. The summed E-state index contributed by atoms with van der Waals surface area (Å²) in [7, 11) is 1.77. The first-order valence-electron chi connectivity index (χ1n) is 7.14. The van der Waals surface area contributed by atoms with Gasteiger partial charge in [-0.2, -0.15) is 15.0 Å². The average molecular weight is 287 g/mol. The van der Waals surface area contributed by atoms with Crippen LogP contribution in [-0.4, -0.2) is 33.1 Å². The van der Waals surface area contributed by atoms with Gasteiger partial charge in [0.05, 0.1) is 12.5 Å². The number of aromatic nitrogens is 4. The van der Waals surface area contributed by atoms with Gasteiger partial charge in [0.1, 0.15) is 5.82 Å². The average Bonchev–Trinajstić information content (AvgIpc) is 2.47. The fourth-order valence-electron chi connectivity index (χ4n) is 1.78. The van der Waals surface area contributed by atoms with Crippen LogP contribution in [0.3, 0.4) is 0 Å². The SMILES string of the molecule is CCc1ccc(Cc2nc(NC)nc(OC(C)C)n2)nc1. The van der Waals surface area contributed by atoms with E-state index >= 15 is 0 Å². The molecule has 2 aromatic rings. The topological polar surface area (TPSA) is 72.8 Å². The predicted octanol–water partition coefficient (Wildman–Crippen LogP) is 2.25. The monoisotopic (exact) mass is 287 g/mol. The van der Waals surface area contributed by atoms with Crippen LogP contribution in [0.1, 0.15) is 37.9 Å². The first-order valence-corrected chi connectivity index (χ1v) is 7.14. The van der Waals surface area contributed by atoms with Gasteiger partial charge in [-0.05, 0) is 31.9 Å². The Labute approximate surface area is 125 Å². The summed E-state index contributed by atoms with van der Waals surface area (Å²) in [5.41, 5.74) is 2.14. The normalized spacial score (nSPS) is 10.7. The van der Waals surface area contributed by atoms with Gasteiger partial charge in [0.25, 0.3) is 0 Å². The van der Waals surface area contributed by atoms with Gasteiger partial charge < -0.3 is 10.1 Å². The molecule has 0 saturated heterocycles. The van der Waals surface area contributed by atoms with Crippen LogP contribution >= 0.6 is 0 Å². The summed E-state index contributed by atoms with van der Waals surface area (Å²) in [5, 5.41) is 2.92. The van der Waals surface area contributed by atoms with E-state index in [2.05, 4.69) is 38.2 Å². The molecule has 2 rings (SSSR count). The van der Waals surface area contributed by atoms with Crippen molar-refractivity contribution in [3.8, 4) is 6.01 Å². The van der Waals surface area contributed by atoms with E-state index < -0.39 is 0 Å². The van der Waals surface area contributed by atoms with Crippen LogP contribution in [0, 0.1) is 0 Å². The minimum atomic E-state index is 0.0203. The third kappa shape index (κ3) is 4.37. The maximum Gasteiger partial charge on any atom is 0.321 e. The van der Waals surface area contributed by atoms with Crippen LogP contribution in [0.25, 0.3) is 0 Å². The number of nitrogens with zero attached hydrogens (tertiary/aromatic N) is 4. The lowest BCUT2D eigenvalue weighted by molar-refractivity contribution is 0.221. The smallest absolute Gasteiger partial charge is 0.321 e. The zero-order chi connectivity index (χ0) is 15.2. The van der Waals surface area contributed by atoms with Crippen LogP contribution in [-0.2, 0) is 12.8 Å². The number of anilines is 1. The van der Waals surface area contributed by atoms with Gasteiger partial charge in [0.15, 0.2) is 0 Å². The van der Waals surface area contributed by atoms with Crippen LogP contribution < -0.4 is 10.1 Å². The molecule has 0 aliphatic rings. The first kappa shape index (κ1) is 15.2. The maximum atomic E-state index is 5.55. The van der Waals surface area contributed by atoms with Crippen LogP contribution in [0.2, 0.25) is 0 Å². The lowest BCUT2D eigenvalue weighted by Crippen LogP contribution is -2.12. The molecule has 6 nitrogen and oxygen atoms in total. The zero-order valence-electron chi connectivity index (χ0n) is 12.9. The highest BCUT2D eigenvalue weighted by molar-refractivity contribution is 5.26. The van der Waals surface area contributed by atoms with Gasteiger partial charge >= 0.3 is 6.01 Å². The number of nitrogens with one attached hydrogen (secondary N) is 1. The molecule has 0 amide bonds. The molecule has 0 fully saturated rings. The highest BCUT2D eigenvalue weighted by Crippen LogP contribution is 2.12. The molecular formula is C15H21N5O. The third-order valence-corrected chi connectivity index (χ3v) is 2.86. The molecule has 0 radical (unpaired) electrons. The quantitative estimate of drug-likeness (QED) is 0.878. The predicted molar refractivity (Wildman–Crippen MR) is 81.6 cm³/mol. The minimum Gasteiger partial charge on any atom is -0.461 e. The Morgan fingerprint density at radius 3 is 2.57 bits per heavy atom. The number of pyridine rings is 1. The Morgan fingerprint density at radius 1 is 1.19 bits per heavy atom. The number of hydrogen-bond acceptors (Lipinski definition) is 6. The number of ether oxygens (including phenoxy) is 1. The maximum absolute atomic E-state index is 5.55. The Hall–Kier alpha value is -2.24. The summed E-state index contributed by atoms with van der Waals surface area (Å²) in [6, 6.07) is 4.42. The Balaban J connectivity index is 2.20. The summed E-state index contributed by atoms with van der Waals surface area (Å²) in [6.07, 6.45) is 3.44. The van der Waals surface area contributed by atoms with E-state index in [9.17, 15) is 0 Å². The fourth-order valence-corrected chi connectivity index (χ4v) is 1.78. The number of hydrogen-bond donors (Lipinski definition) is 1. The van der Waals surface area contributed by atoms with Gasteiger partial charge in [-0.3, -0.25) is 4.98 Å². The van der Waals surface area contributed by atoms with E-state index in [0.717, 1.165) is 12.1 Å². The standard InChI is InChI=1S/C15H21N5O/c1-5-11-6-7-12(17-9-11)8-13-18-14(16-4)20-15(19-13)21-10(2)3/h6-7,9-10H,5,8H2,1-4H3,(H,16,18,19,20). The second-order valence-electron chi connectivity index (χ2n) is 4.96. The summed E-state index contributed by atoms with van der Waals surface area (Å²) in [5.74, 6) is 1.14. The van der Waals surface area contributed by atoms with Crippen molar-refractivity contribution in [1.82, 2.24) is 19.9 Å². The lowest BCUT2D eigenvalue weighted by Gasteiger charge is -2.10. The van der Waals surface area contributed by atoms with E-state index in [4.69, 9.17) is 4.74 Å². The van der Waals surface area contributed by atoms with Crippen LogP contribution in [0.5, 0.6) is 6.01 Å². The highest BCUT2D eigenvalue weighted by Gasteiger charge is 2.09. The molecule has 0 aromatic carbocycles. The molecule has 6 heteroatoms. The summed E-state index contributed by atoms with van der Waals surface area (Å²) >= 11 is 0. The van der Waals surface area contributed by atoms with E-state index in [-0.39, 0.29) is 6.10 Å². The summed E-state index contributed by atoms with van der Waals surface area (Å²) in [4.78, 5) is 17.3. The van der Waals surface area contributed by atoms with Crippen LogP contribution in [0.15, 0.2) is 18.3 Å². The molecular weight excluding hydrogens is 266 g/mol. The molecule has 0 atom stereocenters. The minimum absolute atomic E-state index is 0.0203. The molecule has 21 heavy (non-hydrogen) atoms. The molecule has 0 saturated carbocycles. The van der Waals surface area contributed by atoms with Crippen molar-refractivity contribution in [2.24, 2.45) is 0 Å². The van der Waals surface area contributed by atoms with E-state index in [0.29, 0.717) is 24.2 Å². The number of aryl methyl sites for hydroxylation is 1. The molecule has 0 spiro atoms. The molecule has 112 valence electrons. The van der Waals surface area contributed by atoms with Crippen molar-refractivity contribution in [1.29, 1.82) is 0 Å². The van der Waals surface area contributed by atoms with Crippen LogP contribution in [0.4, 0.5) is 5.95 Å². The van der Waals surface area contributed by atoms with Gasteiger partial charge in [-0.25, -0.2) is 0 Å². The van der Waals surface area contributed by atoms with Crippen molar-refractivity contribution in [3.63, 3.8) is 0 Å². The van der Waals surface area contributed by atoms with E-state index in [1.807, 2.05) is 26.1 Å². The Kier molecular flexibility index (Phi) is 5.03. The molecule has 2 heterocycles. The molecule has 0 bridgehead atoms. The van der Waals surface area contributed by atoms with E-state index in [1.165, 1.54) is 5.56 Å². The fraction of sp³-hybridized carbons (Fsp3) is 0.467. The van der Waals surface area contributed by atoms with Gasteiger partial charge in [0.2, 0.25) is 5.95 Å². The largest absolute Gasteiger partial charge is 0.461 e. The summed E-state index contributed by atoms with van der Waals surface area (Å²) < 4.78 is 5.55. The zero-order valence-corrected chi connectivity index (χ0v) is 12.9. The van der Waals surface area contributed by atoms with Crippen molar-refractivity contribution in [2.45, 2.75) is 39.7 Å². The molecule has 0 unspecified atom stereocenters. The third-order valence-electron chi connectivity index (χ3n) is 2.86. The molecule has 1 N–H and O–H groups in total. The van der Waals surface area contributed by atoms with Crippen molar-refractivity contribution >= 4 is 5.95 Å². The molecule has 0 aliphatic carbocycles. The van der Waals surface area contributed by atoms with E-state index in [1.54, 1.807) is 7.05 Å². The second-order valence-corrected chi connectivity index (χ2v) is 4.96.